The van der Waals surface area contributed by atoms with Gasteiger partial charge in [0.25, 0.3) is 0 Å². The van der Waals surface area contributed by atoms with Crippen molar-refractivity contribution in [1.29, 1.82) is 5.26 Å². The standard InChI is InChI=1S/C14H13FN2O/c1-9-11(8-16)7-13(17(9)2)10-4-5-14(18-3)12(15)6-10/h4-7H,1-3H3. The van der Waals surface area contributed by atoms with Gasteiger partial charge in [0.05, 0.1) is 12.7 Å². The van der Waals surface area contributed by atoms with Crippen molar-refractivity contribution in [2.75, 3.05) is 7.11 Å². The number of benzene rings is 1. The normalized spacial score (nSPS) is 10.2. The molecule has 3 nitrogen and oxygen atoms in total. The second kappa shape index (κ2) is 4.53. The van der Waals surface area contributed by atoms with Gasteiger partial charge < -0.3 is 9.30 Å². The van der Waals surface area contributed by atoms with Gasteiger partial charge in [-0.3, -0.25) is 0 Å². The van der Waals surface area contributed by atoms with Crippen LogP contribution in [0.3, 0.4) is 0 Å². The Morgan fingerprint density at radius 1 is 1.33 bits per heavy atom. The molecule has 18 heavy (non-hydrogen) atoms. The lowest BCUT2D eigenvalue weighted by Crippen LogP contribution is -1.95. The molecule has 0 atom stereocenters. The fourth-order valence-corrected chi connectivity index (χ4v) is 1.92. The highest BCUT2D eigenvalue weighted by Crippen LogP contribution is 2.28. The number of nitrogens with zero attached hydrogens (tertiary/aromatic N) is 2. The molecule has 0 saturated carbocycles. The third kappa shape index (κ3) is 1.84. The zero-order valence-electron chi connectivity index (χ0n) is 10.5. The first-order valence-electron chi connectivity index (χ1n) is 5.48. The van der Waals surface area contributed by atoms with E-state index in [4.69, 9.17) is 10.00 Å². The van der Waals surface area contributed by atoms with Gasteiger partial charge in [-0.1, -0.05) is 0 Å². The lowest BCUT2D eigenvalue weighted by Gasteiger charge is -2.07. The highest BCUT2D eigenvalue weighted by atomic mass is 19.1. The van der Waals surface area contributed by atoms with E-state index in [2.05, 4.69) is 6.07 Å². The molecule has 1 heterocycles. The average molecular weight is 244 g/mol. The van der Waals surface area contributed by atoms with Gasteiger partial charge in [0.15, 0.2) is 11.6 Å². The van der Waals surface area contributed by atoms with Gasteiger partial charge in [0, 0.05) is 24.0 Å². The predicted molar refractivity (Wildman–Crippen MR) is 66.8 cm³/mol. The molecule has 1 aromatic heterocycles. The van der Waals surface area contributed by atoms with Gasteiger partial charge in [0.2, 0.25) is 0 Å². The molecule has 2 rings (SSSR count). The van der Waals surface area contributed by atoms with Crippen molar-refractivity contribution in [2.24, 2.45) is 7.05 Å². The van der Waals surface area contributed by atoms with E-state index < -0.39 is 5.82 Å². The summed E-state index contributed by atoms with van der Waals surface area (Å²) in [6, 6.07) is 8.65. The summed E-state index contributed by atoms with van der Waals surface area (Å²) in [4.78, 5) is 0. The summed E-state index contributed by atoms with van der Waals surface area (Å²) in [5.74, 6) is -0.197. The third-order valence-electron chi connectivity index (χ3n) is 3.10. The van der Waals surface area contributed by atoms with Crippen LogP contribution in [0.15, 0.2) is 24.3 Å². The van der Waals surface area contributed by atoms with Crippen molar-refractivity contribution in [3.63, 3.8) is 0 Å². The van der Waals surface area contributed by atoms with Crippen LogP contribution in [0.1, 0.15) is 11.3 Å². The van der Waals surface area contributed by atoms with Crippen molar-refractivity contribution >= 4 is 0 Å². The van der Waals surface area contributed by atoms with Crippen LogP contribution >= 0.6 is 0 Å². The molecule has 0 unspecified atom stereocenters. The van der Waals surface area contributed by atoms with Crippen LogP contribution in [-0.2, 0) is 7.05 Å². The topological polar surface area (TPSA) is 37.9 Å². The van der Waals surface area contributed by atoms with Gasteiger partial charge in [0.1, 0.15) is 6.07 Å². The number of ether oxygens (including phenoxy) is 1. The number of halogens is 1. The van der Waals surface area contributed by atoms with E-state index in [0.29, 0.717) is 5.56 Å². The van der Waals surface area contributed by atoms with Crippen LogP contribution in [-0.4, -0.2) is 11.7 Å². The average Bonchev–Trinajstić information content (AvgIpc) is 2.66. The Bertz CT molecular complexity index is 638. The first kappa shape index (κ1) is 12.2. The number of methoxy groups -OCH3 is 1. The van der Waals surface area contributed by atoms with Crippen LogP contribution in [0.5, 0.6) is 5.75 Å². The molecule has 0 radical (unpaired) electrons. The van der Waals surface area contributed by atoms with Crippen LogP contribution in [0.2, 0.25) is 0 Å². The minimum atomic E-state index is -0.410. The Balaban J connectivity index is 2.56. The fraction of sp³-hybridized carbons (Fsp3) is 0.214. The Hall–Kier alpha value is -2.28. The molecule has 0 saturated heterocycles. The third-order valence-corrected chi connectivity index (χ3v) is 3.10. The van der Waals surface area contributed by atoms with Crippen molar-refractivity contribution in [3.8, 4) is 23.1 Å². The van der Waals surface area contributed by atoms with Gasteiger partial charge in [-0.15, -0.1) is 0 Å². The maximum Gasteiger partial charge on any atom is 0.165 e. The van der Waals surface area contributed by atoms with Crippen molar-refractivity contribution in [3.05, 3.63) is 41.3 Å². The highest BCUT2D eigenvalue weighted by Gasteiger charge is 2.12. The number of rotatable bonds is 2. The molecule has 0 bridgehead atoms. The monoisotopic (exact) mass is 244 g/mol. The Morgan fingerprint density at radius 3 is 2.56 bits per heavy atom. The molecule has 0 amide bonds. The molecule has 2 aromatic rings. The summed E-state index contributed by atoms with van der Waals surface area (Å²) in [7, 11) is 3.28. The maximum atomic E-state index is 13.7. The smallest absolute Gasteiger partial charge is 0.165 e. The van der Waals surface area contributed by atoms with Crippen LogP contribution in [0.25, 0.3) is 11.3 Å². The first-order valence-corrected chi connectivity index (χ1v) is 5.48. The zero-order valence-corrected chi connectivity index (χ0v) is 10.5. The van der Waals surface area contributed by atoms with Crippen molar-refractivity contribution in [1.82, 2.24) is 4.57 Å². The number of nitriles is 1. The van der Waals surface area contributed by atoms with Crippen LogP contribution < -0.4 is 4.74 Å². The molecule has 0 aliphatic rings. The molecule has 0 spiro atoms. The maximum absolute atomic E-state index is 13.7. The van der Waals surface area contributed by atoms with Crippen molar-refractivity contribution in [2.45, 2.75) is 6.92 Å². The summed E-state index contributed by atoms with van der Waals surface area (Å²) >= 11 is 0. The predicted octanol–water partition coefficient (Wildman–Crippen LogP) is 3.02. The highest BCUT2D eigenvalue weighted by molar-refractivity contribution is 5.65. The molecular formula is C14H13FN2O. The van der Waals surface area contributed by atoms with Gasteiger partial charge >= 0.3 is 0 Å². The summed E-state index contributed by atoms with van der Waals surface area (Å²) in [6.07, 6.45) is 0. The van der Waals surface area contributed by atoms with E-state index in [9.17, 15) is 4.39 Å². The SMILES string of the molecule is COc1ccc(-c2cc(C#N)c(C)n2C)cc1F. The summed E-state index contributed by atoms with van der Waals surface area (Å²) in [5, 5.41) is 8.98. The fourth-order valence-electron chi connectivity index (χ4n) is 1.92. The Morgan fingerprint density at radius 2 is 2.06 bits per heavy atom. The minimum Gasteiger partial charge on any atom is -0.494 e. The summed E-state index contributed by atoms with van der Waals surface area (Å²) < 4.78 is 20.4. The summed E-state index contributed by atoms with van der Waals surface area (Å²) in [6.45, 7) is 1.86. The number of hydrogen-bond donors (Lipinski definition) is 0. The zero-order chi connectivity index (χ0) is 13.3. The Labute approximate surface area is 105 Å². The minimum absolute atomic E-state index is 0.213. The molecule has 92 valence electrons. The van der Waals surface area contributed by atoms with E-state index in [1.807, 2.05) is 18.5 Å². The van der Waals surface area contributed by atoms with E-state index in [1.165, 1.54) is 13.2 Å². The number of hydrogen-bond acceptors (Lipinski definition) is 2. The van der Waals surface area contributed by atoms with Gasteiger partial charge in [-0.2, -0.15) is 5.26 Å². The largest absolute Gasteiger partial charge is 0.494 e. The van der Waals surface area contributed by atoms with Gasteiger partial charge in [-0.25, -0.2) is 4.39 Å². The van der Waals surface area contributed by atoms with E-state index in [-0.39, 0.29) is 5.75 Å². The second-order valence-corrected chi connectivity index (χ2v) is 4.05. The molecular weight excluding hydrogens is 231 g/mol. The summed E-state index contributed by atoms with van der Waals surface area (Å²) in [5.41, 5.74) is 3.00. The van der Waals surface area contributed by atoms with Crippen LogP contribution in [0.4, 0.5) is 4.39 Å². The lowest BCUT2D eigenvalue weighted by atomic mass is 10.1. The number of aromatic nitrogens is 1. The Kier molecular flexibility index (Phi) is 3.07. The lowest BCUT2D eigenvalue weighted by molar-refractivity contribution is 0.386. The van der Waals surface area contributed by atoms with Gasteiger partial charge in [-0.05, 0) is 31.2 Å². The first-order chi connectivity index (χ1) is 8.58. The van der Waals surface area contributed by atoms with E-state index >= 15 is 0 Å². The molecule has 0 fully saturated rings. The van der Waals surface area contributed by atoms with Crippen LogP contribution in [0, 0.1) is 24.1 Å². The molecule has 0 aliphatic heterocycles. The molecule has 4 heteroatoms. The van der Waals surface area contributed by atoms with E-state index in [0.717, 1.165) is 17.0 Å². The van der Waals surface area contributed by atoms with E-state index in [1.54, 1.807) is 18.2 Å². The molecule has 1 aromatic carbocycles. The molecule has 0 N–H and O–H groups in total. The molecule has 0 aliphatic carbocycles. The quantitative estimate of drug-likeness (QED) is 0.814. The second-order valence-electron chi connectivity index (χ2n) is 4.05. The van der Waals surface area contributed by atoms with Crippen molar-refractivity contribution < 1.29 is 9.13 Å².